The summed E-state index contributed by atoms with van der Waals surface area (Å²) < 4.78 is 6.26. The Balaban J connectivity index is 2.03. The monoisotopic (exact) mass is 390 g/mol. The van der Waals surface area contributed by atoms with Crippen LogP contribution in [-0.2, 0) is 4.74 Å². The fourth-order valence-electron chi connectivity index (χ4n) is 4.80. The average Bonchev–Trinajstić information content (AvgIpc) is 2.69. The minimum absolute atomic E-state index is 0.458. The maximum Gasteiger partial charge on any atom is 0.0578 e. The molecule has 3 nitrogen and oxygen atoms in total. The van der Waals surface area contributed by atoms with Crippen molar-refractivity contribution in [3.05, 3.63) is 11.3 Å². The molecule has 0 aromatic carbocycles. The van der Waals surface area contributed by atoms with Crippen molar-refractivity contribution in [2.24, 2.45) is 16.9 Å². The van der Waals surface area contributed by atoms with Crippen molar-refractivity contribution in [1.82, 2.24) is 5.43 Å². The summed E-state index contributed by atoms with van der Waals surface area (Å²) >= 11 is 0. The topological polar surface area (TPSA) is 33.6 Å². The van der Waals surface area contributed by atoms with Gasteiger partial charge in [0.25, 0.3) is 0 Å². The summed E-state index contributed by atoms with van der Waals surface area (Å²) in [4.78, 5) is 0. The van der Waals surface area contributed by atoms with Gasteiger partial charge in [-0.15, -0.1) is 0 Å². The molecule has 1 saturated carbocycles. The SMILES string of the molecule is CCCCCOC1CCCC2C=NNC(C(CCCC)CCCCC)=C2CC1. The largest absolute Gasteiger partial charge is 0.378 e. The number of allylic oxidation sites excluding steroid dienone is 2. The van der Waals surface area contributed by atoms with E-state index in [2.05, 4.69) is 37.5 Å². The van der Waals surface area contributed by atoms with E-state index in [0.717, 1.165) is 6.61 Å². The second kappa shape index (κ2) is 14.2. The summed E-state index contributed by atoms with van der Waals surface area (Å²) in [5, 5.41) is 4.60. The lowest BCUT2D eigenvalue weighted by molar-refractivity contribution is 0.0352. The first-order valence-corrected chi connectivity index (χ1v) is 12.4. The van der Waals surface area contributed by atoms with Crippen molar-refractivity contribution >= 4 is 6.21 Å². The lowest BCUT2D eigenvalue weighted by Crippen LogP contribution is -2.29. The van der Waals surface area contributed by atoms with Gasteiger partial charge < -0.3 is 4.74 Å². The van der Waals surface area contributed by atoms with Gasteiger partial charge in [0.15, 0.2) is 0 Å². The van der Waals surface area contributed by atoms with Crippen molar-refractivity contribution in [3.63, 3.8) is 0 Å². The lowest BCUT2D eigenvalue weighted by Gasteiger charge is -2.32. The Bertz CT molecular complexity index is 471. The fourth-order valence-corrected chi connectivity index (χ4v) is 4.80. The maximum absolute atomic E-state index is 6.26. The lowest BCUT2D eigenvalue weighted by atomic mass is 9.80. The predicted octanol–water partition coefficient (Wildman–Crippen LogP) is 7.37. The highest BCUT2D eigenvalue weighted by atomic mass is 16.5. The van der Waals surface area contributed by atoms with Gasteiger partial charge in [0, 0.05) is 30.4 Å². The second-order valence-corrected chi connectivity index (χ2v) is 8.94. The molecule has 0 spiro atoms. The van der Waals surface area contributed by atoms with Gasteiger partial charge in [0.1, 0.15) is 0 Å². The predicted molar refractivity (Wildman–Crippen MR) is 122 cm³/mol. The number of nitrogens with zero attached hydrogens (tertiary/aromatic N) is 1. The van der Waals surface area contributed by atoms with E-state index >= 15 is 0 Å². The van der Waals surface area contributed by atoms with Crippen molar-refractivity contribution < 1.29 is 4.74 Å². The highest BCUT2D eigenvalue weighted by Crippen LogP contribution is 2.36. The van der Waals surface area contributed by atoms with Crippen LogP contribution in [0.2, 0.25) is 0 Å². The summed E-state index contributed by atoms with van der Waals surface area (Å²) in [7, 11) is 0. The van der Waals surface area contributed by atoms with Crippen LogP contribution in [0.1, 0.15) is 117 Å². The van der Waals surface area contributed by atoms with Crippen LogP contribution in [0.4, 0.5) is 0 Å². The van der Waals surface area contributed by atoms with Gasteiger partial charge in [0.05, 0.1) is 6.10 Å². The van der Waals surface area contributed by atoms with E-state index in [1.807, 2.05) is 0 Å². The Morgan fingerprint density at radius 1 is 0.964 bits per heavy atom. The molecule has 0 saturated heterocycles. The van der Waals surface area contributed by atoms with Crippen LogP contribution in [0.3, 0.4) is 0 Å². The van der Waals surface area contributed by atoms with Gasteiger partial charge in [0.2, 0.25) is 0 Å². The molecule has 2 aliphatic rings. The second-order valence-electron chi connectivity index (χ2n) is 8.94. The van der Waals surface area contributed by atoms with E-state index in [1.165, 1.54) is 102 Å². The van der Waals surface area contributed by atoms with E-state index in [1.54, 1.807) is 5.57 Å². The number of hydrogen-bond acceptors (Lipinski definition) is 3. The molecule has 28 heavy (non-hydrogen) atoms. The smallest absolute Gasteiger partial charge is 0.0578 e. The highest BCUT2D eigenvalue weighted by Gasteiger charge is 2.28. The Kier molecular flexibility index (Phi) is 11.9. The molecule has 1 aliphatic heterocycles. The van der Waals surface area contributed by atoms with Gasteiger partial charge in [-0.05, 0) is 56.9 Å². The number of hydrogen-bond donors (Lipinski definition) is 1. The van der Waals surface area contributed by atoms with Crippen molar-refractivity contribution in [1.29, 1.82) is 0 Å². The maximum atomic E-state index is 6.26. The number of hydrazone groups is 1. The van der Waals surface area contributed by atoms with E-state index in [0.29, 0.717) is 17.9 Å². The molecule has 3 heteroatoms. The number of rotatable bonds is 13. The Morgan fingerprint density at radius 3 is 2.50 bits per heavy atom. The molecule has 2 rings (SSSR count). The molecule has 0 aromatic heterocycles. The first-order valence-electron chi connectivity index (χ1n) is 12.4. The van der Waals surface area contributed by atoms with Crippen LogP contribution in [0.15, 0.2) is 16.4 Å². The third-order valence-corrected chi connectivity index (χ3v) is 6.58. The number of unbranched alkanes of at least 4 members (excludes halogenated alkanes) is 5. The molecular weight excluding hydrogens is 344 g/mol. The Hall–Kier alpha value is -0.830. The molecule has 3 unspecified atom stereocenters. The summed E-state index contributed by atoms with van der Waals surface area (Å²) in [6.45, 7) is 7.82. The molecule has 0 amide bonds. The van der Waals surface area contributed by atoms with E-state index in [4.69, 9.17) is 4.74 Å². The molecule has 1 fully saturated rings. The van der Waals surface area contributed by atoms with E-state index < -0.39 is 0 Å². The third-order valence-electron chi connectivity index (χ3n) is 6.58. The molecule has 162 valence electrons. The van der Waals surface area contributed by atoms with Crippen LogP contribution in [0, 0.1) is 11.8 Å². The summed E-state index contributed by atoms with van der Waals surface area (Å²) in [6, 6.07) is 0. The summed E-state index contributed by atoms with van der Waals surface area (Å²) in [6.07, 6.45) is 21.8. The average molecular weight is 391 g/mol. The van der Waals surface area contributed by atoms with Gasteiger partial charge in [-0.2, -0.15) is 5.10 Å². The van der Waals surface area contributed by atoms with Gasteiger partial charge in [-0.1, -0.05) is 65.7 Å². The van der Waals surface area contributed by atoms with Crippen LogP contribution in [-0.4, -0.2) is 18.9 Å². The van der Waals surface area contributed by atoms with Crippen LogP contribution in [0.5, 0.6) is 0 Å². The minimum atomic E-state index is 0.458. The summed E-state index contributed by atoms with van der Waals surface area (Å²) in [5.74, 6) is 1.23. The quantitative estimate of drug-likeness (QED) is 0.333. The van der Waals surface area contributed by atoms with Gasteiger partial charge in [-0.25, -0.2) is 0 Å². The molecule has 1 aliphatic carbocycles. The number of ether oxygens (including phenoxy) is 1. The standard InChI is InChI=1S/C25H46N2O/c1-4-7-10-14-21(13-9-6-3)25-24-18-17-23(28-19-11-8-5-2)16-12-15-22(24)20-26-27-25/h20-23,27H,4-19H2,1-3H3. The van der Waals surface area contributed by atoms with E-state index in [-0.39, 0.29) is 0 Å². The zero-order valence-electron chi connectivity index (χ0n) is 19.0. The molecule has 0 radical (unpaired) electrons. The number of fused-ring (bicyclic) bond motifs is 1. The number of nitrogens with one attached hydrogen (secondary N) is 1. The normalized spacial score (nSPS) is 23.7. The van der Waals surface area contributed by atoms with Crippen molar-refractivity contribution in [2.45, 2.75) is 123 Å². The first-order chi connectivity index (χ1) is 13.8. The molecular formula is C25H46N2O. The van der Waals surface area contributed by atoms with Crippen molar-refractivity contribution in [2.75, 3.05) is 6.61 Å². The molecule has 1 N–H and O–H groups in total. The van der Waals surface area contributed by atoms with Crippen LogP contribution in [0.25, 0.3) is 0 Å². The van der Waals surface area contributed by atoms with Gasteiger partial charge in [-0.3, -0.25) is 5.43 Å². The fraction of sp³-hybridized carbons (Fsp3) is 0.880. The zero-order chi connectivity index (χ0) is 20.0. The van der Waals surface area contributed by atoms with Gasteiger partial charge >= 0.3 is 0 Å². The molecule has 0 bridgehead atoms. The highest BCUT2D eigenvalue weighted by molar-refractivity contribution is 5.67. The van der Waals surface area contributed by atoms with Crippen molar-refractivity contribution in [3.8, 4) is 0 Å². The Labute approximate surface area is 174 Å². The minimum Gasteiger partial charge on any atom is -0.378 e. The zero-order valence-corrected chi connectivity index (χ0v) is 19.0. The van der Waals surface area contributed by atoms with Crippen LogP contribution >= 0.6 is 0 Å². The molecule has 1 heterocycles. The Morgan fingerprint density at radius 2 is 1.71 bits per heavy atom. The summed E-state index contributed by atoms with van der Waals surface area (Å²) in [5.41, 5.74) is 6.64. The first kappa shape index (κ1) is 23.4. The van der Waals surface area contributed by atoms with Crippen LogP contribution < -0.4 is 5.43 Å². The third kappa shape index (κ3) is 7.89. The molecule has 0 aromatic rings. The molecule has 3 atom stereocenters. The van der Waals surface area contributed by atoms with E-state index in [9.17, 15) is 0 Å².